The van der Waals surface area contributed by atoms with Gasteiger partial charge in [-0.05, 0) is 57.0 Å². The van der Waals surface area contributed by atoms with Crippen molar-refractivity contribution in [1.29, 1.82) is 0 Å². The van der Waals surface area contributed by atoms with Crippen molar-refractivity contribution >= 4 is 17.5 Å². The lowest BCUT2D eigenvalue weighted by molar-refractivity contribution is -0.0431. The Morgan fingerprint density at radius 2 is 2.04 bits per heavy atom. The lowest BCUT2D eigenvalue weighted by Gasteiger charge is -2.41. The number of piperidine rings is 1. The van der Waals surface area contributed by atoms with E-state index in [0.29, 0.717) is 36.0 Å². The number of nitrogens with zero attached hydrogens (tertiary/aromatic N) is 2. The van der Waals surface area contributed by atoms with Crippen LogP contribution >= 0.6 is 11.6 Å². The number of halogens is 1. The van der Waals surface area contributed by atoms with Crippen LogP contribution in [0.15, 0.2) is 18.2 Å². The van der Waals surface area contributed by atoms with Crippen LogP contribution in [0.4, 0.5) is 0 Å². The number of ether oxygens (including phenoxy) is 1. The molecule has 2 aliphatic heterocycles. The Bertz CT molecular complexity index is 604. The van der Waals surface area contributed by atoms with Gasteiger partial charge in [-0.3, -0.25) is 4.79 Å². The molecule has 1 atom stereocenters. The number of β-amino-alcohol motifs (C(OH)–C–C–N with tert-alkyl or cyclic N) is 1. The van der Waals surface area contributed by atoms with Crippen molar-refractivity contribution in [2.24, 2.45) is 0 Å². The third-order valence-corrected chi connectivity index (χ3v) is 5.25. The molecule has 0 saturated carbocycles. The minimum atomic E-state index is -0.811. The summed E-state index contributed by atoms with van der Waals surface area (Å²) in [5, 5.41) is 11.4. The second-order valence-corrected chi connectivity index (χ2v) is 7.29. The van der Waals surface area contributed by atoms with Gasteiger partial charge in [0.1, 0.15) is 5.75 Å². The zero-order valence-electron chi connectivity index (χ0n) is 14.1. The molecule has 2 fully saturated rings. The molecule has 2 heterocycles. The van der Waals surface area contributed by atoms with Gasteiger partial charge in [0.2, 0.25) is 0 Å². The fourth-order valence-electron chi connectivity index (χ4n) is 3.75. The first kappa shape index (κ1) is 17.5. The summed E-state index contributed by atoms with van der Waals surface area (Å²) >= 11 is 6.13. The molecule has 1 aromatic rings. The highest BCUT2D eigenvalue weighted by Gasteiger charge is 2.37. The maximum atomic E-state index is 12.8. The SMILES string of the molecule is COc1ccc(C(=O)N2CCC[C@](O)(CN3CCCC3)C2)cc1Cl. The number of carbonyl (C=O) groups excluding carboxylic acids is 1. The monoisotopic (exact) mass is 352 g/mol. The Kier molecular flexibility index (Phi) is 5.33. The highest BCUT2D eigenvalue weighted by Crippen LogP contribution is 2.28. The number of hydrogen-bond acceptors (Lipinski definition) is 4. The number of likely N-dealkylation sites (tertiary alicyclic amines) is 2. The van der Waals surface area contributed by atoms with E-state index >= 15 is 0 Å². The molecular weight excluding hydrogens is 328 g/mol. The number of rotatable bonds is 4. The summed E-state index contributed by atoms with van der Waals surface area (Å²) in [6.45, 7) is 3.80. The van der Waals surface area contributed by atoms with Crippen molar-refractivity contribution in [3.63, 3.8) is 0 Å². The van der Waals surface area contributed by atoms with Gasteiger partial charge in [-0.2, -0.15) is 0 Å². The topological polar surface area (TPSA) is 53.0 Å². The van der Waals surface area contributed by atoms with Crippen molar-refractivity contribution in [1.82, 2.24) is 9.80 Å². The maximum absolute atomic E-state index is 12.8. The number of benzene rings is 1. The summed E-state index contributed by atoms with van der Waals surface area (Å²) in [5.74, 6) is 0.469. The fourth-order valence-corrected chi connectivity index (χ4v) is 4.01. The molecule has 0 unspecified atom stereocenters. The van der Waals surface area contributed by atoms with E-state index in [4.69, 9.17) is 16.3 Å². The molecule has 1 aromatic carbocycles. The molecule has 1 N–H and O–H groups in total. The van der Waals surface area contributed by atoms with Crippen molar-refractivity contribution in [2.75, 3.05) is 39.8 Å². The smallest absolute Gasteiger partial charge is 0.254 e. The average Bonchev–Trinajstić information content (AvgIpc) is 3.06. The van der Waals surface area contributed by atoms with Gasteiger partial charge in [0.15, 0.2) is 0 Å². The molecule has 5 nitrogen and oxygen atoms in total. The third-order valence-electron chi connectivity index (χ3n) is 4.96. The quantitative estimate of drug-likeness (QED) is 0.904. The molecule has 6 heteroatoms. The largest absolute Gasteiger partial charge is 0.495 e. The van der Waals surface area contributed by atoms with Gasteiger partial charge in [-0.25, -0.2) is 0 Å². The summed E-state index contributed by atoms with van der Waals surface area (Å²) < 4.78 is 5.13. The highest BCUT2D eigenvalue weighted by atomic mass is 35.5. The number of aliphatic hydroxyl groups is 1. The molecule has 1 amide bonds. The Balaban J connectivity index is 1.69. The van der Waals surface area contributed by atoms with E-state index in [-0.39, 0.29) is 5.91 Å². The van der Waals surface area contributed by atoms with Crippen LogP contribution in [0.1, 0.15) is 36.0 Å². The molecule has 0 bridgehead atoms. The van der Waals surface area contributed by atoms with E-state index in [2.05, 4.69) is 4.90 Å². The van der Waals surface area contributed by atoms with Gasteiger partial charge in [0.05, 0.1) is 24.3 Å². The van der Waals surface area contributed by atoms with Crippen LogP contribution in [-0.4, -0.2) is 66.2 Å². The Morgan fingerprint density at radius 3 is 2.71 bits per heavy atom. The van der Waals surface area contributed by atoms with Crippen LogP contribution in [0.2, 0.25) is 5.02 Å². The molecule has 0 radical (unpaired) electrons. The van der Waals surface area contributed by atoms with E-state index in [0.717, 1.165) is 25.9 Å². The van der Waals surface area contributed by atoms with Gasteiger partial charge < -0.3 is 19.6 Å². The van der Waals surface area contributed by atoms with Gasteiger partial charge in [-0.15, -0.1) is 0 Å². The van der Waals surface area contributed by atoms with Crippen LogP contribution in [0.25, 0.3) is 0 Å². The van der Waals surface area contributed by atoms with Crippen molar-refractivity contribution in [3.8, 4) is 5.75 Å². The molecule has 2 aliphatic rings. The first-order valence-electron chi connectivity index (χ1n) is 8.58. The Hall–Kier alpha value is -1.30. The zero-order chi connectivity index (χ0) is 17.2. The molecule has 24 heavy (non-hydrogen) atoms. The van der Waals surface area contributed by atoms with E-state index < -0.39 is 5.60 Å². The fraction of sp³-hybridized carbons (Fsp3) is 0.611. The first-order valence-corrected chi connectivity index (χ1v) is 8.96. The lowest BCUT2D eigenvalue weighted by atomic mass is 9.91. The highest BCUT2D eigenvalue weighted by molar-refractivity contribution is 6.32. The molecule has 0 aromatic heterocycles. The minimum absolute atomic E-state index is 0.0842. The number of carbonyl (C=O) groups is 1. The van der Waals surface area contributed by atoms with Crippen molar-refractivity contribution in [2.45, 2.75) is 31.3 Å². The standard InChI is InChI=1S/C18H25ClN2O3/c1-24-16-6-5-14(11-15(16)19)17(22)21-10-4-7-18(23,13-21)12-20-8-2-3-9-20/h5-6,11,23H,2-4,7-10,12-13H2,1H3/t18-/m0/s1. The normalized spacial score (nSPS) is 25.0. The van der Waals surface area contributed by atoms with Gasteiger partial charge >= 0.3 is 0 Å². The molecule has 2 saturated heterocycles. The minimum Gasteiger partial charge on any atom is -0.495 e. The van der Waals surface area contributed by atoms with Crippen LogP contribution in [0.3, 0.4) is 0 Å². The Morgan fingerprint density at radius 1 is 1.29 bits per heavy atom. The van der Waals surface area contributed by atoms with Crippen molar-refractivity contribution < 1.29 is 14.6 Å². The molecular formula is C18H25ClN2O3. The predicted octanol–water partition coefficient (Wildman–Crippen LogP) is 2.41. The number of methoxy groups -OCH3 is 1. The molecule has 0 aliphatic carbocycles. The summed E-state index contributed by atoms with van der Waals surface area (Å²) in [6.07, 6.45) is 3.96. The maximum Gasteiger partial charge on any atom is 0.254 e. The van der Waals surface area contributed by atoms with Crippen LogP contribution < -0.4 is 4.74 Å². The summed E-state index contributed by atoms with van der Waals surface area (Å²) in [4.78, 5) is 16.8. The van der Waals surface area contributed by atoms with Crippen LogP contribution in [0.5, 0.6) is 5.75 Å². The van der Waals surface area contributed by atoms with E-state index in [9.17, 15) is 9.90 Å². The zero-order valence-corrected chi connectivity index (χ0v) is 14.9. The molecule has 3 rings (SSSR count). The first-order chi connectivity index (χ1) is 11.5. The predicted molar refractivity (Wildman–Crippen MR) is 93.8 cm³/mol. The van der Waals surface area contributed by atoms with Crippen LogP contribution in [0, 0.1) is 0 Å². The molecule has 132 valence electrons. The van der Waals surface area contributed by atoms with Gasteiger partial charge in [0, 0.05) is 18.7 Å². The average molecular weight is 353 g/mol. The van der Waals surface area contributed by atoms with E-state index in [1.807, 2.05) is 0 Å². The third kappa shape index (κ3) is 3.85. The Labute approximate surface area is 148 Å². The molecule has 0 spiro atoms. The summed E-state index contributed by atoms with van der Waals surface area (Å²) in [7, 11) is 1.55. The summed E-state index contributed by atoms with van der Waals surface area (Å²) in [6, 6.07) is 5.06. The van der Waals surface area contributed by atoms with Gasteiger partial charge in [0.25, 0.3) is 5.91 Å². The van der Waals surface area contributed by atoms with Gasteiger partial charge in [-0.1, -0.05) is 11.6 Å². The number of hydrogen-bond donors (Lipinski definition) is 1. The second kappa shape index (κ2) is 7.30. The second-order valence-electron chi connectivity index (χ2n) is 6.89. The number of amides is 1. The van der Waals surface area contributed by atoms with E-state index in [1.165, 1.54) is 12.8 Å². The lowest BCUT2D eigenvalue weighted by Crippen LogP contribution is -2.55. The summed E-state index contributed by atoms with van der Waals surface area (Å²) in [5.41, 5.74) is -0.277. The van der Waals surface area contributed by atoms with Crippen LogP contribution in [-0.2, 0) is 0 Å². The van der Waals surface area contributed by atoms with Crippen molar-refractivity contribution in [3.05, 3.63) is 28.8 Å². The van der Waals surface area contributed by atoms with E-state index in [1.54, 1.807) is 30.2 Å².